The van der Waals surface area contributed by atoms with Crippen LogP contribution < -0.4 is 0 Å². The molecule has 3 heteroatoms. The smallest absolute Gasteiger partial charge is 0.315 e. The molecule has 0 saturated carbocycles. The van der Waals surface area contributed by atoms with Gasteiger partial charge in [-0.3, -0.25) is 4.79 Å². The van der Waals surface area contributed by atoms with Gasteiger partial charge in [-0.15, -0.1) is 6.58 Å². The summed E-state index contributed by atoms with van der Waals surface area (Å²) in [5.74, 6) is -1.18. The second kappa shape index (κ2) is 2.62. The summed E-state index contributed by atoms with van der Waals surface area (Å²) >= 11 is 0. The van der Waals surface area contributed by atoms with Gasteiger partial charge in [-0.05, 0) is 6.92 Å². The number of alkyl halides is 1. The van der Waals surface area contributed by atoms with E-state index in [0.717, 1.165) is 6.08 Å². The van der Waals surface area contributed by atoms with E-state index < -0.39 is 18.1 Å². The van der Waals surface area contributed by atoms with E-state index in [-0.39, 0.29) is 0 Å². The van der Waals surface area contributed by atoms with Crippen LogP contribution in [0.3, 0.4) is 0 Å². The van der Waals surface area contributed by atoms with Crippen LogP contribution in [0.1, 0.15) is 6.92 Å². The highest BCUT2D eigenvalue weighted by molar-refractivity contribution is 5.76. The lowest BCUT2D eigenvalue weighted by Gasteiger charge is -2.13. The molecule has 0 saturated heterocycles. The quantitative estimate of drug-likeness (QED) is 0.586. The van der Waals surface area contributed by atoms with E-state index >= 15 is 0 Å². The van der Waals surface area contributed by atoms with Crippen LogP contribution in [-0.4, -0.2) is 17.8 Å². The van der Waals surface area contributed by atoms with Gasteiger partial charge in [0.25, 0.3) is 0 Å². The molecule has 0 spiro atoms. The minimum absolute atomic E-state index is 0.911. The molecule has 0 fully saturated rings. The highest BCUT2D eigenvalue weighted by Crippen LogP contribution is 2.17. The molecule has 0 aromatic rings. The zero-order chi connectivity index (χ0) is 7.49. The van der Waals surface area contributed by atoms with E-state index in [9.17, 15) is 9.18 Å². The zero-order valence-corrected chi connectivity index (χ0v) is 5.22. The van der Waals surface area contributed by atoms with Gasteiger partial charge in [0.15, 0.2) is 0 Å². The van der Waals surface area contributed by atoms with Crippen LogP contribution in [-0.2, 0) is 4.79 Å². The van der Waals surface area contributed by atoms with Crippen LogP contribution in [0.15, 0.2) is 12.7 Å². The van der Waals surface area contributed by atoms with Gasteiger partial charge in [0.05, 0.1) is 0 Å². The Balaban J connectivity index is 4.27. The largest absolute Gasteiger partial charge is 0.481 e. The van der Waals surface area contributed by atoms with Crippen molar-refractivity contribution >= 4 is 5.97 Å². The lowest BCUT2D eigenvalue weighted by Crippen LogP contribution is -2.26. The lowest BCUT2D eigenvalue weighted by atomic mass is 9.93. The Labute approximate surface area is 53.0 Å². The molecule has 0 aromatic heterocycles. The fraction of sp³-hybridized carbons (Fsp3) is 0.500. The molecule has 0 aliphatic rings. The normalized spacial score (nSPS) is 16.2. The van der Waals surface area contributed by atoms with Gasteiger partial charge in [0, 0.05) is 0 Å². The molecule has 9 heavy (non-hydrogen) atoms. The second-order valence-corrected chi connectivity index (χ2v) is 2.06. The van der Waals surface area contributed by atoms with Crippen LogP contribution in [0.2, 0.25) is 0 Å². The van der Waals surface area contributed by atoms with E-state index in [1.807, 2.05) is 0 Å². The molecule has 0 amide bonds. The van der Waals surface area contributed by atoms with Crippen LogP contribution in [0.4, 0.5) is 4.39 Å². The molecule has 0 aliphatic heterocycles. The molecule has 0 rings (SSSR count). The average molecular weight is 132 g/mol. The minimum atomic E-state index is -1.40. The predicted octanol–water partition coefficient (Wildman–Crippen LogP) is 1.23. The Morgan fingerprint density at radius 2 is 2.44 bits per heavy atom. The number of carboxylic acid groups (broad SMARTS) is 1. The van der Waals surface area contributed by atoms with Gasteiger partial charge in [0.1, 0.15) is 12.1 Å². The maximum Gasteiger partial charge on any atom is 0.315 e. The van der Waals surface area contributed by atoms with Crippen LogP contribution in [0, 0.1) is 5.41 Å². The van der Waals surface area contributed by atoms with E-state index in [4.69, 9.17) is 5.11 Å². The molecule has 0 aromatic carbocycles. The molecule has 0 aliphatic carbocycles. The van der Waals surface area contributed by atoms with Gasteiger partial charge < -0.3 is 5.11 Å². The maximum absolute atomic E-state index is 11.8. The van der Waals surface area contributed by atoms with Gasteiger partial charge in [-0.1, -0.05) is 6.08 Å². The molecule has 1 N–H and O–H groups in total. The summed E-state index contributed by atoms with van der Waals surface area (Å²) in [5, 5.41) is 8.32. The Hall–Kier alpha value is -0.860. The summed E-state index contributed by atoms with van der Waals surface area (Å²) in [5.41, 5.74) is -1.40. The third-order valence-electron chi connectivity index (χ3n) is 1.22. The molecular weight excluding hydrogens is 123 g/mol. The highest BCUT2D eigenvalue weighted by atomic mass is 19.1. The fourth-order valence-electron chi connectivity index (χ4n) is 0.199. The number of halogens is 1. The summed E-state index contributed by atoms with van der Waals surface area (Å²) in [7, 11) is 0. The molecule has 0 bridgehead atoms. The van der Waals surface area contributed by atoms with E-state index in [1.54, 1.807) is 0 Å². The summed E-state index contributed by atoms with van der Waals surface area (Å²) in [6.07, 6.45) is 1.09. The molecule has 1 unspecified atom stereocenters. The Morgan fingerprint density at radius 3 is 2.44 bits per heavy atom. The van der Waals surface area contributed by atoms with Gasteiger partial charge >= 0.3 is 5.97 Å². The molecule has 0 radical (unpaired) electrons. The van der Waals surface area contributed by atoms with Crippen LogP contribution >= 0.6 is 0 Å². The van der Waals surface area contributed by atoms with Crippen molar-refractivity contribution in [3.05, 3.63) is 12.7 Å². The average Bonchev–Trinajstić information content (AvgIpc) is 1.86. The van der Waals surface area contributed by atoms with Crippen molar-refractivity contribution in [2.24, 2.45) is 5.41 Å². The topological polar surface area (TPSA) is 37.3 Å². The third-order valence-corrected chi connectivity index (χ3v) is 1.22. The number of rotatable bonds is 3. The monoisotopic (exact) mass is 132 g/mol. The van der Waals surface area contributed by atoms with Crippen molar-refractivity contribution in [2.75, 3.05) is 6.67 Å². The number of hydrogen-bond acceptors (Lipinski definition) is 1. The second-order valence-electron chi connectivity index (χ2n) is 2.06. The minimum Gasteiger partial charge on any atom is -0.481 e. The SMILES string of the molecule is C=CC(C)(CF)C(=O)O. The molecular formula is C6H9FO2. The molecule has 0 heterocycles. The Bertz CT molecular complexity index is 133. The van der Waals surface area contributed by atoms with Crippen molar-refractivity contribution < 1.29 is 14.3 Å². The van der Waals surface area contributed by atoms with E-state index in [2.05, 4.69) is 6.58 Å². The lowest BCUT2D eigenvalue weighted by molar-refractivity contribution is -0.145. The Morgan fingerprint density at radius 1 is 2.00 bits per heavy atom. The first-order valence-electron chi connectivity index (χ1n) is 2.50. The van der Waals surface area contributed by atoms with E-state index in [1.165, 1.54) is 6.92 Å². The number of hydrogen-bond donors (Lipinski definition) is 1. The highest BCUT2D eigenvalue weighted by Gasteiger charge is 2.28. The maximum atomic E-state index is 11.8. The van der Waals surface area contributed by atoms with Crippen molar-refractivity contribution in [2.45, 2.75) is 6.92 Å². The molecule has 52 valence electrons. The van der Waals surface area contributed by atoms with Crippen molar-refractivity contribution in [1.82, 2.24) is 0 Å². The number of carboxylic acids is 1. The Kier molecular flexibility index (Phi) is 2.37. The molecule has 1 atom stereocenters. The van der Waals surface area contributed by atoms with Crippen molar-refractivity contribution in [3.8, 4) is 0 Å². The van der Waals surface area contributed by atoms with Crippen LogP contribution in [0.25, 0.3) is 0 Å². The first-order chi connectivity index (χ1) is 4.06. The van der Waals surface area contributed by atoms with Crippen LogP contribution in [0.5, 0.6) is 0 Å². The zero-order valence-electron chi connectivity index (χ0n) is 5.22. The standard InChI is InChI=1S/C6H9FO2/c1-3-6(2,4-7)5(8)9/h3H,1,4H2,2H3,(H,8,9). The first kappa shape index (κ1) is 8.14. The number of aliphatic carboxylic acids is 1. The van der Waals surface area contributed by atoms with Gasteiger partial charge in [-0.25, -0.2) is 4.39 Å². The van der Waals surface area contributed by atoms with Gasteiger partial charge in [0.2, 0.25) is 0 Å². The van der Waals surface area contributed by atoms with Crippen molar-refractivity contribution in [3.63, 3.8) is 0 Å². The first-order valence-corrected chi connectivity index (χ1v) is 2.50. The number of carbonyl (C=O) groups is 1. The predicted molar refractivity (Wildman–Crippen MR) is 31.9 cm³/mol. The molecule has 2 nitrogen and oxygen atoms in total. The third kappa shape index (κ3) is 1.52. The summed E-state index contributed by atoms with van der Waals surface area (Å²) in [4.78, 5) is 10.2. The fourth-order valence-corrected chi connectivity index (χ4v) is 0.199. The van der Waals surface area contributed by atoms with E-state index in [0.29, 0.717) is 0 Å². The summed E-state index contributed by atoms with van der Waals surface area (Å²) in [6.45, 7) is 3.57. The van der Waals surface area contributed by atoms with Crippen molar-refractivity contribution in [1.29, 1.82) is 0 Å². The van der Waals surface area contributed by atoms with Gasteiger partial charge in [-0.2, -0.15) is 0 Å². The summed E-state index contributed by atoms with van der Waals surface area (Å²) in [6, 6.07) is 0. The summed E-state index contributed by atoms with van der Waals surface area (Å²) < 4.78 is 11.8.